The molecular formula is C27H26Cl2N4O3. The van der Waals surface area contributed by atoms with E-state index in [0.717, 1.165) is 39.2 Å². The first-order valence-electron chi connectivity index (χ1n) is 11.7. The Morgan fingerprint density at radius 3 is 2.47 bits per heavy atom. The van der Waals surface area contributed by atoms with Crippen molar-refractivity contribution in [3.8, 4) is 16.9 Å². The number of nitrogens with zero attached hydrogens (tertiary/aromatic N) is 3. The molecule has 1 aromatic heterocycles. The predicted octanol–water partition coefficient (Wildman–Crippen LogP) is 6.69. The van der Waals surface area contributed by atoms with Crippen molar-refractivity contribution >= 4 is 46.0 Å². The number of carbonyl (C=O) groups is 1. The summed E-state index contributed by atoms with van der Waals surface area (Å²) >= 11 is 13.2. The van der Waals surface area contributed by atoms with E-state index in [1.165, 1.54) is 4.90 Å². The highest BCUT2D eigenvalue weighted by Gasteiger charge is 2.29. The summed E-state index contributed by atoms with van der Waals surface area (Å²) in [5.74, 6) is 1.60. The van der Waals surface area contributed by atoms with E-state index in [-0.39, 0.29) is 6.04 Å². The molecule has 3 aromatic carbocycles. The van der Waals surface area contributed by atoms with Crippen LogP contribution in [0.5, 0.6) is 5.75 Å². The van der Waals surface area contributed by atoms with Gasteiger partial charge in [0.2, 0.25) is 0 Å². The molecule has 0 radical (unpaired) electrons. The summed E-state index contributed by atoms with van der Waals surface area (Å²) in [4.78, 5) is 15.2. The molecule has 36 heavy (non-hydrogen) atoms. The van der Waals surface area contributed by atoms with Gasteiger partial charge < -0.3 is 19.6 Å². The number of nitrogens with one attached hydrogen (secondary N) is 1. The number of likely N-dealkylation sites (tertiary alicyclic amines) is 1. The molecule has 0 spiro atoms. The van der Waals surface area contributed by atoms with Crippen LogP contribution < -0.4 is 9.64 Å². The number of hydrogen-bond donors (Lipinski definition) is 2. The van der Waals surface area contributed by atoms with Crippen LogP contribution in [0, 0.1) is 0 Å². The predicted molar refractivity (Wildman–Crippen MR) is 143 cm³/mol. The Hall–Kier alpha value is -3.42. The summed E-state index contributed by atoms with van der Waals surface area (Å²) < 4.78 is 5.32. The first kappa shape index (κ1) is 24.3. The number of benzene rings is 3. The van der Waals surface area contributed by atoms with Crippen LogP contribution in [-0.4, -0.2) is 52.5 Å². The highest BCUT2D eigenvalue weighted by molar-refractivity contribution is 6.37. The molecule has 0 unspecified atom stereocenters. The van der Waals surface area contributed by atoms with Crippen LogP contribution in [0.4, 0.5) is 10.6 Å². The van der Waals surface area contributed by atoms with Gasteiger partial charge in [0.05, 0.1) is 17.6 Å². The van der Waals surface area contributed by atoms with Crippen molar-refractivity contribution < 1.29 is 14.6 Å². The number of aromatic nitrogens is 2. The summed E-state index contributed by atoms with van der Waals surface area (Å²) in [5, 5.41) is 19.4. The maximum atomic E-state index is 11.5. The number of halogens is 2. The number of rotatable bonds is 6. The second-order valence-corrected chi connectivity index (χ2v) is 9.70. The number of fused-ring (bicyclic) bond motifs is 1. The average Bonchev–Trinajstić information content (AvgIpc) is 3.30. The third-order valence-electron chi connectivity index (χ3n) is 6.75. The van der Waals surface area contributed by atoms with Crippen molar-refractivity contribution in [3.05, 3.63) is 76.3 Å². The Balaban J connectivity index is 1.56. The first-order valence-corrected chi connectivity index (χ1v) is 12.5. The number of hydrogen-bond acceptors (Lipinski definition) is 4. The molecule has 1 fully saturated rings. The van der Waals surface area contributed by atoms with Gasteiger partial charge in [0.1, 0.15) is 5.75 Å². The lowest BCUT2D eigenvalue weighted by Crippen LogP contribution is -2.46. The van der Waals surface area contributed by atoms with E-state index in [0.29, 0.717) is 42.5 Å². The smallest absolute Gasteiger partial charge is 0.407 e. The summed E-state index contributed by atoms with van der Waals surface area (Å²) in [6.07, 6.45) is 0.545. The van der Waals surface area contributed by atoms with Gasteiger partial charge in [-0.15, -0.1) is 0 Å². The lowest BCUT2D eigenvalue weighted by molar-refractivity contribution is 0.131. The molecule has 0 saturated carbocycles. The second-order valence-electron chi connectivity index (χ2n) is 8.88. The average molecular weight is 525 g/mol. The zero-order valence-corrected chi connectivity index (χ0v) is 21.3. The molecular weight excluding hydrogens is 499 g/mol. The van der Waals surface area contributed by atoms with E-state index in [4.69, 9.17) is 33.0 Å². The number of amides is 1. The summed E-state index contributed by atoms with van der Waals surface area (Å²) in [6, 6.07) is 19.6. The fraction of sp³-hybridized carbons (Fsp3) is 0.259. The van der Waals surface area contributed by atoms with Gasteiger partial charge in [0.25, 0.3) is 0 Å². The number of piperidine rings is 1. The Morgan fingerprint density at radius 1 is 1.08 bits per heavy atom. The fourth-order valence-electron chi connectivity index (χ4n) is 4.80. The van der Waals surface area contributed by atoms with Crippen molar-refractivity contribution in [2.24, 2.45) is 0 Å². The molecule has 4 aromatic rings. The lowest BCUT2D eigenvalue weighted by Gasteiger charge is -2.38. The lowest BCUT2D eigenvalue weighted by atomic mass is 10.0. The van der Waals surface area contributed by atoms with Gasteiger partial charge in [-0.3, -0.25) is 5.10 Å². The number of anilines is 1. The third kappa shape index (κ3) is 4.81. The fourth-order valence-corrected chi connectivity index (χ4v) is 5.31. The first-order chi connectivity index (χ1) is 17.4. The van der Waals surface area contributed by atoms with Crippen LogP contribution in [0.2, 0.25) is 10.0 Å². The number of H-pyrrole nitrogens is 1. The van der Waals surface area contributed by atoms with Crippen molar-refractivity contribution in [3.63, 3.8) is 0 Å². The molecule has 1 saturated heterocycles. The van der Waals surface area contributed by atoms with Gasteiger partial charge in [-0.25, -0.2) is 4.79 Å². The zero-order valence-electron chi connectivity index (χ0n) is 19.7. The van der Waals surface area contributed by atoms with E-state index in [1.54, 1.807) is 7.11 Å². The van der Waals surface area contributed by atoms with E-state index in [2.05, 4.69) is 10.00 Å². The topological polar surface area (TPSA) is 81.7 Å². The minimum absolute atomic E-state index is 0.119. The Morgan fingerprint density at radius 2 is 1.81 bits per heavy atom. The van der Waals surface area contributed by atoms with Gasteiger partial charge in [-0.1, -0.05) is 53.5 Å². The maximum absolute atomic E-state index is 11.5. The minimum Gasteiger partial charge on any atom is -0.497 e. The maximum Gasteiger partial charge on any atom is 0.407 e. The highest BCUT2D eigenvalue weighted by Crippen LogP contribution is 2.39. The third-order valence-corrected chi connectivity index (χ3v) is 7.40. The summed E-state index contributed by atoms with van der Waals surface area (Å²) in [5.41, 5.74) is 3.62. The van der Waals surface area contributed by atoms with Crippen molar-refractivity contribution in [1.82, 2.24) is 15.1 Å². The van der Waals surface area contributed by atoms with Gasteiger partial charge in [0.15, 0.2) is 5.82 Å². The summed E-state index contributed by atoms with van der Waals surface area (Å²) in [6.45, 7) is 1.59. The van der Waals surface area contributed by atoms with Crippen LogP contribution in [0.1, 0.15) is 18.4 Å². The van der Waals surface area contributed by atoms with Crippen LogP contribution in [0.25, 0.3) is 22.0 Å². The minimum atomic E-state index is -0.876. The van der Waals surface area contributed by atoms with Crippen LogP contribution in [0.3, 0.4) is 0 Å². The molecule has 2 N–H and O–H groups in total. The number of ether oxygens (including phenoxy) is 1. The van der Waals surface area contributed by atoms with Crippen LogP contribution >= 0.6 is 23.2 Å². The molecule has 0 atom stereocenters. The molecule has 5 rings (SSSR count). The standard InChI is InChI=1S/C27H26Cl2N4O3/c1-36-19-8-6-17(7-9-19)16-33(18-10-12-32(13-11-18)27(34)35)26-22-14-21(20-4-2-3-5-23(20)28)24(29)15-25(22)30-31-26/h2-9,14-15,18H,10-13,16H2,1H3,(H,30,31)(H,34,35). The molecule has 0 bridgehead atoms. The molecule has 7 nitrogen and oxygen atoms in total. The number of carboxylic acid groups (broad SMARTS) is 1. The Kier molecular flexibility index (Phi) is 6.94. The normalized spacial score (nSPS) is 14.2. The van der Waals surface area contributed by atoms with E-state index < -0.39 is 6.09 Å². The highest BCUT2D eigenvalue weighted by atomic mass is 35.5. The quantitative estimate of drug-likeness (QED) is 0.293. The van der Waals surface area contributed by atoms with Gasteiger partial charge >= 0.3 is 6.09 Å². The largest absolute Gasteiger partial charge is 0.497 e. The van der Waals surface area contributed by atoms with Gasteiger partial charge in [0, 0.05) is 47.2 Å². The molecule has 1 amide bonds. The number of aromatic amines is 1. The van der Waals surface area contributed by atoms with Crippen molar-refractivity contribution in [2.45, 2.75) is 25.4 Å². The Bertz CT molecular complexity index is 1380. The van der Waals surface area contributed by atoms with Crippen LogP contribution in [0.15, 0.2) is 60.7 Å². The summed E-state index contributed by atoms with van der Waals surface area (Å²) in [7, 11) is 1.65. The van der Waals surface area contributed by atoms with E-state index in [1.807, 2.05) is 60.7 Å². The van der Waals surface area contributed by atoms with Gasteiger partial charge in [-0.05, 0) is 48.7 Å². The second kappa shape index (κ2) is 10.3. The molecule has 2 heterocycles. The molecule has 1 aliphatic rings. The molecule has 0 aliphatic carbocycles. The Labute approximate surface area is 219 Å². The molecule has 1 aliphatic heterocycles. The van der Waals surface area contributed by atoms with E-state index in [9.17, 15) is 9.90 Å². The number of methoxy groups -OCH3 is 1. The van der Waals surface area contributed by atoms with Crippen molar-refractivity contribution in [2.75, 3.05) is 25.1 Å². The van der Waals surface area contributed by atoms with Gasteiger partial charge in [-0.2, -0.15) is 5.10 Å². The zero-order chi connectivity index (χ0) is 25.2. The monoisotopic (exact) mass is 524 g/mol. The molecule has 186 valence electrons. The van der Waals surface area contributed by atoms with Crippen LogP contribution in [-0.2, 0) is 6.54 Å². The SMILES string of the molecule is COc1ccc(CN(c2n[nH]c3cc(Cl)c(-c4ccccc4Cl)cc23)C2CCN(C(=O)O)CC2)cc1. The van der Waals surface area contributed by atoms with E-state index >= 15 is 0 Å². The van der Waals surface area contributed by atoms with Crippen molar-refractivity contribution in [1.29, 1.82) is 0 Å². The molecule has 9 heteroatoms.